The Labute approximate surface area is 135 Å². The van der Waals surface area contributed by atoms with E-state index in [0.29, 0.717) is 16.8 Å². The van der Waals surface area contributed by atoms with Gasteiger partial charge in [-0.05, 0) is 36.8 Å². The molecule has 0 fully saturated rings. The molecule has 0 bridgehead atoms. The first-order chi connectivity index (χ1) is 11.2. The second-order valence-corrected chi connectivity index (χ2v) is 4.74. The first-order valence-corrected chi connectivity index (χ1v) is 7.42. The summed E-state index contributed by atoms with van der Waals surface area (Å²) in [6.45, 7) is 5.96. The van der Waals surface area contributed by atoms with E-state index in [4.69, 9.17) is 5.26 Å². The summed E-state index contributed by atoms with van der Waals surface area (Å²) >= 11 is 0. The molecule has 23 heavy (non-hydrogen) atoms. The van der Waals surface area contributed by atoms with Crippen molar-refractivity contribution in [2.75, 3.05) is 5.32 Å². The van der Waals surface area contributed by atoms with Gasteiger partial charge in [-0.2, -0.15) is 5.26 Å². The number of pyridine rings is 1. The number of hydrogen-bond acceptors (Lipinski definition) is 3. The van der Waals surface area contributed by atoms with Crippen molar-refractivity contribution in [1.29, 1.82) is 5.26 Å². The molecule has 0 unspecified atom stereocenters. The Kier molecular flexibility index (Phi) is 5.11. The molecule has 0 aliphatic carbocycles. The van der Waals surface area contributed by atoms with Crippen molar-refractivity contribution in [2.45, 2.75) is 20.8 Å². The molecule has 1 aromatic carbocycles. The number of fused-ring (bicyclic) bond motifs is 1. The second kappa shape index (κ2) is 7.23. The van der Waals surface area contributed by atoms with Gasteiger partial charge in [-0.15, -0.1) is 0 Å². The molecule has 1 amide bonds. The van der Waals surface area contributed by atoms with Crippen molar-refractivity contribution in [2.24, 2.45) is 0 Å². The summed E-state index contributed by atoms with van der Waals surface area (Å²) in [4.78, 5) is 19.5. The van der Waals surface area contributed by atoms with Crippen LogP contribution >= 0.6 is 0 Å². The van der Waals surface area contributed by atoms with Gasteiger partial charge >= 0.3 is 0 Å². The molecule has 0 atom stereocenters. The fraction of sp³-hybridized carbons (Fsp3) is 0.167. The first-order valence-electron chi connectivity index (χ1n) is 7.42. The number of nitriles is 1. The van der Waals surface area contributed by atoms with Gasteiger partial charge in [-0.25, -0.2) is 4.98 Å². The van der Waals surface area contributed by atoms with E-state index in [1.807, 2.05) is 33.0 Å². The lowest BCUT2D eigenvalue weighted by molar-refractivity contribution is 0.102. The Balaban J connectivity index is 0.000000924. The normalized spacial score (nSPS) is 9.65. The van der Waals surface area contributed by atoms with E-state index in [1.54, 1.807) is 30.3 Å². The highest BCUT2D eigenvalue weighted by Gasteiger charge is 2.10. The van der Waals surface area contributed by atoms with Crippen molar-refractivity contribution in [3.8, 4) is 6.07 Å². The maximum Gasteiger partial charge on any atom is 0.257 e. The molecule has 0 aliphatic heterocycles. The van der Waals surface area contributed by atoms with Gasteiger partial charge in [0.25, 0.3) is 5.91 Å². The highest BCUT2D eigenvalue weighted by Crippen LogP contribution is 2.18. The van der Waals surface area contributed by atoms with Gasteiger partial charge in [0, 0.05) is 23.5 Å². The zero-order valence-corrected chi connectivity index (χ0v) is 13.3. The summed E-state index contributed by atoms with van der Waals surface area (Å²) in [5.74, 6) is -0.250. The molecule has 0 radical (unpaired) electrons. The molecular weight excluding hydrogens is 288 g/mol. The molecule has 5 heteroatoms. The average Bonchev–Trinajstić information content (AvgIpc) is 2.97. The van der Waals surface area contributed by atoms with E-state index in [0.717, 1.165) is 16.6 Å². The number of carbonyl (C=O) groups is 1. The molecule has 2 N–H and O–H groups in total. The molecule has 0 spiro atoms. The van der Waals surface area contributed by atoms with Gasteiger partial charge in [-0.1, -0.05) is 19.9 Å². The van der Waals surface area contributed by atoms with Crippen LogP contribution < -0.4 is 5.32 Å². The van der Waals surface area contributed by atoms with Crippen LogP contribution in [0.5, 0.6) is 0 Å². The lowest BCUT2D eigenvalue weighted by Crippen LogP contribution is -2.12. The number of nitrogens with one attached hydrogen (secondary N) is 2. The van der Waals surface area contributed by atoms with E-state index in [-0.39, 0.29) is 5.91 Å². The first kappa shape index (κ1) is 16.2. The monoisotopic (exact) mass is 306 g/mol. The number of benzene rings is 1. The maximum atomic E-state index is 12.2. The van der Waals surface area contributed by atoms with Crippen molar-refractivity contribution >= 4 is 22.6 Å². The SMILES string of the molecule is CC.Cc1c[nH]c2ncc(C(=O)Nc3cccc(C#N)c3)cc12. The van der Waals surface area contributed by atoms with Gasteiger partial charge < -0.3 is 10.3 Å². The van der Waals surface area contributed by atoms with Crippen LogP contribution in [0, 0.1) is 18.3 Å². The van der Waals surface area contributed by atoms with Crippen molar-refractivity contribution in [3.63, 3.8) is 0 Å². The minimum atomic E-state index is -0.250. The lowest BCUT2D eigenvalue weighted by atomic mass is 10.1. The predicted octanol–water partition coefficient (Wildman–Crippen LogP) is 4.02. The number of aromatic amines is 1. The molecule has 0 saturated heterocycles. The highest BCUT2D eigenvalue weighted by atomic mass is 16.1. The summed E-state index contributed by atoms with van der Waals surface area (Å²) in [6.07, 6.45) is 3.39. The van der Waals surface area contributed by atoms with Gasteiger partial charge in [0.1, 0.15) is 5.65 Å². The van der Waals surface area contributed by atoms with Gasteiger partial charge in [0.15, 0.2) is 0 Å². The summed E-state index contributed by atoms with van der Waals surface area (Å²) < 4.78 is 0. The molecule has 0 aliphatic rings. The third-order valence-corrected chi connectivity index (χ3v) is 3.25. The second-order valence-electron chi connectivity index (χ2n) is 4.74. The van der Waals surface area contributed by atoms with Gasteiger partial charge in [-0.3, -0.25) is 4.79 Å². The fourth-order valence-electron chi connectivity index (χ4n) is 2.13. The fourth-order valence-corrected chi connectivity index (χ4v) is 2.13. The molecule has 116 valence electrons. The zero-order valence-electron chi connectivity index (χ0n) is 13.3. The van der Waals surface area contributed by atoms with E-state index in [2.05, 4.69) is 15.3 Å². The number of amides is 1. The minimum absolute atomic E-state index is 0.250. The van der Waals surface area contributed by atoms with Crippen LogP contribution in [0.3, 0.4) is 0 Å². The molecule has 2 aromatic heterocycles. The Bertz CT molecular complexity index is 874. The van der Waals surface area contributed by atoms with E-state index >= 15 is 0 Å². The van der Waals surface area contributed by atoms with Crippen molar-refractivity contribution in [3.05, 3.63) is 59.4 Å². The van der Waals surface area contributed by atoms with Crippen molar-refractivity contribution in [1.82, 2.24) is 9.97 Å². The van der Waals surface area contributed by atoms with Crippen LogP contribution in [0.4, 0.5) is 5.69 Å². The number of aryl methyl sites for hydroxylation is 1. The molecule has 0 saturated carbocycles. The van der Waals surface area contributed by atoms with Crippen LogP contribution in [-0.2, 0) is 0 Å². The largest absolute Gasteiger partial charge is 0.346 e. The molecule has 2 heterocycles. The van der Waals surface area contributed by atoms with Crippen molar-refractivity contribution < 1.29 is 4.79 Å². The standard InChI is InChI=1S/C16H12N4O.C2H6/c1-10-8-18-15-14(10)6-12(9-19-15)16(21)20-13-4-2-3-11(5-13)7-17;1-2/h2-6,8-9H,1H3,(H,18,19)(H,20,21);1-2H3. The lowest BCUT2D eigenvalue weighted by Gasteiger charge is -2.05. The molecule has 5 nitrogen and oxygen atoms in total. The third-order valence-electron chi connectivity index (χ3n) is 3.25. The summed E-state index contributed by atoms with van der Waals surface area (Å²) in [7, 11) is 0. The predicted molar refractivity (Wildman–Crippen MR) is 91.3 cm³/mol. The molecule has 3 aromatic rings. The van der Waals surface area contributed by atoms with E-state index in [9.17, 15) is 4.79 Å². The Hall–Kier alpha value is -3.13. The number of nitrogens with zero attached hydrogens (tertiary/aromatic N) is 2. The number of hydrogen-bond donors (Lipinski definition) is 2. The Morgan fingerprint density at radius 1 is 1.30 bits per heavy atom. The quantitative estimate of drug-likeness (QED) is 0.750. The summed E-state index contributed by atoms with van der Waals surface area (Å²) in [5, 5.41) is 12.6. The smallest absolute Gasteiger partial charge is 0.257 e. The molecular formula is C18H18N4O. The number of anilines is 1. The van der Waals surface area contributed by atoms with E-state index in [1.165, 1.54) is 6.20 Å². The highest BCUT2D eigenvalue weighted by molar-refractivity contribution is 6.05. The Morgan fingerprint density at radius 2 is 2.09 bits per heavy atom. The number of H-pyrrole nitrogens is 1. The maximum absolute atomic E-state index is 12.2. The molecule has 3 rings (SSSR count). The summed E-state index contributed by atoms with van der Waals surface area (Å²) in [6, 6.07) is 10.6. The van der Waals surface area contributed by atoms with Crippen LogP contribution in [0.2, 0.25) is 0 Å². The average molecular weight is 306 g/mol. The van der Waals surface area contributed by atoms with Crippen LogP contribution in [0.25, 0.3) is 11.0 Å². The topological polar surface area (TPSA) is 81.6 Å². The van der Waals surface area contributed by atoms with Crippen LogP contribution in [0.15, 0.2) is 42.7 Å². The van der Waals surface area contributed by atoms with Crippen LogP contribution in [-0.4, -0.2) is 15.9 Å². The number of carbonyl (C=O) groups excluding carboxylic acids is 1. The number of rotatable bonds is 2. The summed E-state index contributed by atoms with van der Waals surface area (Å²) in [5.41, 5.74) is 3.37. The zero-order chi connectivity index (χ0) is 16.8. The van der Waals surface area contributed by atoms with Crippen LogP contribution in [0.1, 0.15) is 35.3 Å². The van der Waals surface area contributed by atoms with E-state index < -0.39 is 0 Å². The minimum Gasteiger partial charge on any atom is -0.346 e. The number of aromatic nitrogens is 2. The van der Waals surface area contributed by atoms with Gasteiger partial charge in [0.2, 0.25) is 0 Å². The Morgan fingerprint density at radius 3 is 2.83 bits per heavy atom. The van der Waals surface area contributed by atoms with Gasteiger partial charge in [0.05, 0.1) is 17.2 Å². The third kappa shape index (κ3) is 3.55.